The molecule has 1 heterocycles. The van der Waals surface area contributed by atoms with Crippen LogP contribution in [0.2, 0.25) is 0 Å². The van der Waals surface area contributed by atoms with Crippen molar-refractivity contribution in [2.24, 2.45) is 0 Å². The van der Waals surface area contributed by atoms with Gasteiger partial charge in [-0.05, 0) is 35.1 Å². The van der Waals surface area contributed by atoms with Crippen molar-refractivity contribution in [2.75, 3.05) is 20.8 Å². The van der Waals surface area contributed by atoms with E-state index in [4.69, 9.17) is 9.47 Å². The Morgan fingerprint density at radius 3 is 2.60 bits per heavy atom. The van der Waals surface area contributed by atoms with Crippen LogP contribution in [0.15, 0.2) is 42.5 Å². The van der Waals surface area contributed by atoms with Crippen LogP contribution >= 0.6 is 0 Å². The second kappa shape index (κ2) is 7.60. The number of fused-ring (bicyclic) bond motifs is 1. The summed E-state index contributed by atoms with van der Waals surface area (Å²) in [4.78, 5) is 14.7. The summed E-state index contributed by atoms with van der Waals surface area (Å²) in [6, 6.07) is 14.1. The van der Waals surface area contributed by atoms with Crippen LogP contribution in [-0.2, 0) is 17.8 Å². The van der Waals surface area contributed by atoms with Gasteiger partial charge in [0.25, 0.3) is 0 Å². The zero-order valence-corrected chi connectivity index (χ0v) is 15.1. The van der Waals surface area contributed by atoms with Crippen LogP contribution in [0.25, 0.3) is 0 Å². The van der Waals surface area contributed by atoms with Crippen molar-refractivity contribution in [1.82, 2.24) is 4.90 Å². The molecule has 1 unspecified atom stereocenters. The first-order valence-electron chi connectivity index (χ1n) is 8.69. The Labute approximate surface area is 149 Å². The predicted molar refractivity (Wildman–Crippen MR) is 98.1 cm³/mol. The van der Waals surface area contributed by atoms with E-state index in [2.05, 4.69) is 25.1 Å². The van der Waals surface area contributed by atoms with Gasteiger partial charge in [0.05, 0.1) is 14.2 Å². The van der Waals surface area contributed by atoms with Crippen LogP contribution in [0, 0.1) is 0 Å². The average Bonchev–Trinajstić information content (AvgIpc) is 2.66. The zero-order chi connectivity index (χ0) is 17.8. The van der Waals surface area contributed by atoms with Gasteiger partial charge in [0, 0.05) is 25.6 Å². The molecule has 25 heavy (non-hydrogen) atoms. The highest BCUT2D eigenvalue weighted by atomic mass is 16.5. The van der Waals surface area contributed by atoms with Gasteiger partial charge in [-0.2, -0.15) is 0 Å². The summed E-state index contributed by atoms with van der Waals surface area (Å²) in [6.07, 6.45) is 1.41. The number of amides is 1. The van der Waals surface area contributed by atoms with Gasteiger partial charge in [-0.15, -0.1) is 0 Å². The maximum Gasteiger partial charge on any atom is 0.223 e. The maximum atomic E-state index is 12.8. The van der Waals surface area contributed by atoms with E-state index >= 15 is 0 Å². The second-order valence-electron chi connectivity index (χ2n) is 6.55. The van der Waals surface area contributed by atoms with Gasteiger partial charge in [-0.1, -0.05) is 37.3 Å². The Kier molecular flexibility index (Phi) is 5.27. The molecule has 0 aromatic heterocycles. The fraction of sp³-hybridized carbons (Fsp3) is 0.381. The SMILES string of the molecule is COc1ccc(C(C)CC(=O)N2CCc3ccccc3C2)c(OC)c1. The molecule has 0 radical (unpaired) electrons. The van der Waals surface area contributed by atoms with Gasteiger partial charge in [0.15, 0.2) is 0 Å². The summed E-state index contributed by atoms with van der Waals surface area (Å²) in [5.41, 5.74) is 3.65. The molecule has 4 nitrogen and oxygen atoms in total. The molecule has 0 saturated carbocycles. The topological polar surface area (TPSA) is 38.8 Å². The molecule has 0 N–H and O–H groups in total. The minimum atomic E-state index is 0.0885. The number of rotatable bonds is 5. The van der Waals surface area contributed by atoms with Crippen LogP contribution in [0.5, 0.6) is 11.5 Å². The van der Waals surface area contributed by atoms with Crippen molar-refractivity contribution in [1.29, 1.82) is 0 Å². The molecule has 0 saturated heterocycles. The Morgan fingerprint density at radius 1 is 1.12 bits per heavy atom. The minimum Gasteiger partial charge on any atom is -0.497 e. The Bertz CT molecular complexity index is 757. The molecule has 4 heteroatoms. The number of benzene rings is 2. The lowest BCUT2D eigenvalue weighted by Gasteiger charge is -2.30. The zero-order valence-electron chi connectivity index (χ0n) is 15.1. The van der Waals surface area contributed by atoms with Gasteiger partial charge >= 0.3 is 0 Å². The number of carbonyl (C=O) groups excluding carboxylic acids is 1. The molecule has 0 bridgehead atoms. The highest BCUT2D eigenvalue weighted by molar-refractivity contribution is 5.77. The highest BCUT2D eigenvalue weighted by Crippen LogP contribution is 2.33. The number of carbonyl (C=O) groups is 1. The van der Waals surface area contributed by atoms with Crippen molar-refractivity contribution in [3.05, 3.63) is 59.2 Å². The van der Waals surface area contributed by atoms with E-state index in [0.717, 1.165) is 30.0 Å². The Hall–Kier alpha value is -2.49. The first kappa shape index (κ1) is 17.3. The molecule has 0 aliphatic carbocycles. The fourth-order valence-electron chi connectivity index (χ4n) is 3.44. The molecule has 1 aliphatic heterocycles. The van der Waals surface area contributed by atoms with E-state index in [0.29, 0.717) is 13.0 Å². The highest BCUT2D eigenvalue weighted by Gasteiger charge is 2.23. The number of hydrogen-bond acceptors (Lipinski definition) is 3. The molecule has 132 valence electrons. The number of nitrogens with zero attached hydrogens (tertiary/aromatic N) is 1. The maximum absolute atomic E-state index is 12.8. The summed E-state index contributed by atoms with van der Waals surface area (Å²) in [5.74, 6) is 1.81. The molecular weight excluding hydrogens is 314 g/mol. The second-order valence-corrected chi connectivity index (χ2v) is 6.55. The number of hydrogen-bond donors (Lipinski definition) is 0. The molecule has 1 amide bonds. The standard InChI is InChI=1S/C21H25NO3/c1-15(19-9-8-18(24-2)13-20(19)25-3)12-21(23)22-11-10-16-6-4-5-7-17(16)14-22/h4-9,13,15H,10-12,14H2,1-3H3. The first-order valence-corrected chi connectivity index (χ1v) is 8.69. The fourth-order valence-corrected chi connectivity index (χ4v) is 3.44. The summed E-state index contributed by atoms with van der Waals surface area (Å²) in [5, 5.41) is 0. The number of ether oxygens (including phenoxy) is 2. The molecule has 0 fully saturated rings. The monoisotopic (exact) mass is 339 g/mol. The van der Waals surface area contributed by atoms with Gasteiger partial charge < -0.3 is 14.4 Å². The third kappa shape index (κ3) is 3.78. The Balaban J connectivity index is 1.69. The lowest BCUT2D eigenvalue weighted by Crippen LogP contribution is -2.36. The summed E-state index contributed by atoms with van der Waals surface area (Å²) >= 11 is 0. The smallest absolute Gasteiger partial charge is 0.223 e. The summed E-state index contributed by atoms with van der Waals surface area (Å²) < 4.78 is 10.7. The lowest BCUT2D eigenvalue weighted by molar-refractivity contribution is -0.132. The van der Waals surface area contributed by atoms with E-state index in [1.54, 1.807) is 14.2 Å². The van der Waals surface area contributed by atoms with Gasteiger partial charge in [-0.3, -0.25) is 4.79 Å². The Morgan fingerprint density at radius 2 is 1.88 bits per heavy atom. The van der Waals surface area contributed by atoms with Crippen LogP contribution in [-0.4, -0.2) is 31.6 Å². The van der Waals surface area contributed by atoms with Gasteiger partial charge in [0.2, 0.25) is 5.91 Å². The van der Waals surface area contributed by atoms with Crippen LogP contribution < -0.4 is 9.47 Å². The molecule has 2 aromatic rings. The molecule has 0 spiro atoms. The molecule has 1 aliphatic rings. The van der Waals surface area contributed by atoms with E-state index < -0.39 is 0 Å². The van der Waals surface area contributed by atoms with E-state index in [1.807, 2.05) is 29.2 Å². The van der Waals surface area contributed by atoms with Crippen molar-refractivity contribution in [2.45, 2.75) is 32.2 Å². The first-order chi connectivity index (χ1) is 12.1. The molecular formula is C21H25NO3. The third-order valence-electron chi connectivity index (χ3n) is 4.94. The minimum absolute atomic E-state index is 0.0885. The largest absolute Gasteiger partial charge is 0.497 e. The molecule has 3 rings (SSSR count). The van der Waals surface area contributed by atoms with Crippen molar-refractivity contribution in [3.63, 3.8) is 0 Å². The van der Waals surface area contributed by atoms with Crippen LogP contribution in [0.4, 0.5) is 0 Å². The number of methoxy groups -OCH3 is 2. The third-order valence-corrected chi connectivity index (χ3v) is 4.94. The lowest BCUT2D eigenvalue weighted by atomic mass is 9.94. The van der Waals surface area contributed by atoms with Crippen LogP contribution in [0.3, 0.4) is 0 Å². The van der Waals surface area contributed by atoms with E-state index in [-0.39, 0.29) is 11.8 Å². The predicted octanol–water partition coefficient (Wildman–Crippen LogP) is 3.78. The van der Waals surface area contributed by atoms with Gasteiger partial charge in [0.1, 0.15) is 11.5 Å². The average molecular weight is 339 g/mol. The molecule has 1 atom stereocenters. The van der Waals surface area contributed by atoms with Crippen molar-refractivity contribution < 1.29 is 14.3 Å². The molecule has 2 aromatic carbocycles. The van der Waals surface area contributed by atoms with Gasteiger partial charge in [-0.25, -0.2) is 0 Å². The van der Waals surface area contributed by atoms with Crippen molar-refractivity contribution >= 4 is 5.91 Å². The normalized spacial score (nSPS) is 14.6. The quantitative estimate of drug-likeness (QED) is 0.832. The van der Waals surface area contributed by atoms with Crippen LogP contribution in [0.1, 0.15) is 36.0 Å². The van der Waals surface area contributed by atoms with E-state index in [9.17, 15) is 4.79 Å². The van der Waals surface area contributed by atoms with Crippen molar-refractivity contribution in [3.8, 4) is 11.5 Å². The summed E-state index contributed by atoms with van der Waals surface area (Å²) in [7, 11) is 3.28. The summed E-state index contributed by atoms with van der Waals surface area (Å²) in [6.45, 7) is 3.57. The van der Waals surface area contributed by atoms with E-state index in [1.165, 1.54) is 11.1 Å².